The van der Waals surface area contributed by atoms with Crippen molar-refractivity contribution in [3.05, 3.63) is 23.9 Å². The Labute approximate surface area is 94.3 Å². The van der Waals surface area contributed by atoms with Crippen molar-refractivity contribution < 1.29 is 9.47 Å². The molecule has 4 nitrogen and oxygen atoms in total. The van der Waals surface area contributed by atoms with Crippen molar-refractivity contribution in [2.24, 2.45) is 5.73 Å². The normalized spacial score (nSPS) is 12.8. The van der Waals surface area contributed by atoms with E-state index in [0.717, 1.165) is 28.1 Å². The fourth-order valence-corrected chi connectivity index (χ4v) is 1.73. The summed E-state index contributed by atoms with van der Waals surface area (Å²) >= 11 is 0. The van der Waals surface area contributed by atoms with E-state index in [2.05, 4.69) is 4.98 Å². The molecule has 1 unspecified atom stereocenters. The summed E-state index contributed by atoms with van der Waals surface area (Å²) in [6.07, 6.45) is 0. The first-order valence-corrected chi connectivity index (χ1v) is 5.16. The minimum atomic E-state index is -0.0249. The van der Waals surface area contributed by atoms with Crippen LogP contribution in [0.15, 0.2) is 18.2 Å². The van der Waals surface area contributed by atoms with E-state index in [1.165, 1.54) is 0 Å². The standard InChI is InChI=1S/C12H16N2O2/c1-7(13)10-5-8-4-9(15-2)6-11(16-3)12(8)14-10/h4-7,14H,13H2,1-3H3. The molecule has 2 rings (SSSR count). The highest BCUT2D eigenvalue weighted by atomic mass is 16.5. The second kappa shape index (κ2) is 4.06. The molecule has 2 aromatic rings. The molecule has 0 bridgehead atoms. The molecule has 1 aromatic heterocycles. The molecular formula is C12H16N2O2. The van der Waals surface area contributed by atoms with Crippen LogP contribution in [0, 0.1) is 0 Å². The van der Waals surface area contributed by atoms with Gasteiger partial charge in [0.05, 0.1) is 19.7 Å². The number of aromatic amines is 1. The Kier molecular flexibility index (Phi) is 2.75. The maximum atomic E-state index is 5.84. The summed E-state index contributed by atoms with van der Waals surface area (Å²) in [5.74, 6) is 1.54. The molecule has 0 radical (unpaired) electrons. The number of ether oxygens (including phenoxy) is 2. The topological polar surface area (TPSA) is 60.3 Å². The minimum Gasteiger partial charge on any atom is -0.497 e. The Morgan fingerprint density at radius 1 is 1.19 bits per heavy atom. The average molecular weight is 220 g/mol. The number of nitrogens with two attached hydrogens (primary N) is 1. The lowest BCUT2D eigenvalue weighted by molar-refractivity contribution is 0.397. The van der Waals surface area contributed by atoms with Crippen LogP contribution >= 0.6 is 0 Å². The van der Waals surface area contributed by atoms with E-state index in [4.69, 9.17) is 15.2 Å². The number of rotatable bonds is 3. The van der Waals surface area contributed by atoms with E-state index in [1.54, 1.807) is 14.2 Å². The molecular weight excluding hydrogens is 204 g/mol. The lowest BCUT2D eigenvalue weighted by Gasteiger charge is -2.05. The van der Waals surface area contributed by atoms with Crippen molar-refractivity contribution in [2.75, 3.05) is 14.2 Å². The van der Waals surface area contributed by atoms with Gasteiger partial charge >= 0.3 is 0 Å². The Morgan fingerprint density at radius 3 is 2.50 bits per heavy atom. The van der Waals surface area contributed by atoms with Crippen molar-refractivity contribution in [2.45, 2.75) is 13.0 Å². The van der Waals surface area contributed by atoms with Crippen LogP contribution in [0.1, 0.15) is 18.7 Å². The number of hydrogen-bond acceptors (Lipinski definition) is 3. The molecule has 4 heteroatoms. The van der Waals surface area contributed by atoms with E-state index in [1.807, 2.05) is 25.1 Å². The van der Waals surface area contributed by atoms with Crippen molar-refractivity contribution in [1.29, 1.82) is 0 Å². The van der Waals surface area contributed by atoms with Gasteiger partial charge in [-0.15, -0.1) is 0 Å². The van der Waals surface area contributed by atoms with Gasteiger partial charge in [-0.25, -0.2) is 0 Å². The number of fused-ring (bicyclic) bond motifs is 1. The number of hydrogen-bond donors (Lipinski definition) is 2. The van der Waals surface area contributed by atoms with Gasteiger partial charge in [0.1, 0.15) is 11.5 Å². The number of benzene rings is 1. The molecule has 16 heavy (non-hydrogen) atoms. The van der Waals surface area contributed by atoms with Gasteiger partial charge in [-0.05, 0) is 19.1 Å². The van der Waals surface area contributed by atoms with Gasteiger partial charge in [0.25, 0.3) is 0 Å². The van der Waals surface area contributed by atoms with Crippen molar-refractivity contribution in [1.82, 2.24) is 4.98 Å². The molecule has 1 atom stereocenters. The van der Waals surface area contributed by atoms with Crippen LogP contribution in [0.5, 0.6) is 11.5 Å². The monoisotopic (exact) mass is 220 g/mol. The summed E-state index contributed by atoms with van der Waals surface area (Å²) in [6.45, 7) is 1.94. The van der Waals surface area contributed by atoms with Crippen molar-refractivity contribution >= 4 is 10.9 Å². The Hall–Kier alpha value is -1.68. The van der Waals surface area contributed by atoms with Crippen LogP contribution in [-0.2, 0) is 0 Å². The largest absolute Gasteiger partial charge is 0.497 e. The fraction of sp³-hybridized carbons (Fsp3) is 0.333. The van der Waals surface area contributed by atoms with Crippen LogP contribution in [0.25, 0.3) is 10.9 Å². The maximum absolute atomic E-state index is 5.84. The summed E-state index contributed by atoms with van der Waals surface area (Å²) in [6, 6.07) is 5.80. The first kappa shape index (κ1) is 10.8. The van der Waals surface area contributed by atoms with Crippen LogP contribution in [-0.4, -0.2) is 19.2 Å². The zero-order valence-corrected chi connectivity index (χ0v) is 9.70. The lowest BCUT2D eigenvalue weighted by Crippen LogP contribution is -2.04. The Morgan fingerprint density at radius 2 is 1.94 bits per heavy atom. The average Bonchev–Trinajstić information content (AvgIpc) is 2.71. The summed E-state index contributed by atoms with van der Waals surface area (Å²) in [4.78, 5) is 3.26. The van der Waals surface area contributed by atoms with Gasteiger partial charge in [-0.1, -0.05) is 0 Å². The molecule has 1 aromatic carbocycles. The first-order chi connectivity index (χ1) is 7.65. The van der Waals surface area contributed by atoms with Gasteiger partial charge < -0.3 is 20.2 Å². The highest BCUT2D eigenvalue weighted by Gasteiger charge is 2.10. The van der Waals surface area contributed by atoms with E-state index in [-0.39, 0.29) is 6.04 Å². The first-order valence-electron chi connectivity index (χ1n) is 5.16. The minimum absolute atomic E-state index is 0.0249. The van der Waals surface area contributed by atoms with Gasteiger partial charge in [-0.2, -0.15) is 0 Å². The highest BCUT2D eigenvalue weighted by Crippen LogP contribution is 2.32. The fourth-order valence-electron chi connectivity index (χ4n) is 1.73. The molecule has 0 aliphatic rings. The van der Waals surface area contributed by atoms with Crippen molar-refractivity contribution in [3.8, 4) is 11.5 Å². The molecule has 0 saturated carbocycles. The third-order valence-corrected chi connectivity index (χ3v) is 2.63. The molecule has 3 N–H and O–H groups in total. The van der Waals surface area contributed by atoms with Gasteiger partial charge in [0.15, 0.2) is 0 Å². The molecule has 0 amide bonds. The van der Waals surface area contributed by atoms with Gasteiger partial charge in [-0.3, -0.25) is 0 Å². The van der Waals surface area contributed by atoms with Crippen LogP contribution in [0.4, 0.5) is 0 Å². The van der Waals surface area contributed by atoms with Crippen molar-refractivity contribution in [3.63, 3.8) is 0 Å². The summed E-state index contributed by atoms with van der Waals surface area (Å²) < 4.78 is 10.5. The molecule has 1 heterocycles. The summed E-state index contributed by atoms with van der Waals surface area (Å²) in [5.41, 5.74) is 7.78. The molecule has 0 aliphatic heterocycles. The van der Waals surface area contributed by atoms with Crippen LogP contribution in [0.3, 0.4) is 0 Å². The van der Waals surface area contributed by atoms with E-state index in [9.17, 15) is 0 Å². The number of aromatic nitrogens is 1. The molecule has 0 spiro atoms. The second-order valence-electron chi connectivity index (χ2n) is 3.81. The third-order valence-electron chi connectivity index (χ3n) is 2.63. The quantitative estimate of drug-likeness (QED) is 0.833. The molecule has 0 saturated heterocycles. The summed E-state index contributed by atoms with van der Waals surface area (Å²) in [5, 5.41) is 1.04. The zero-order valence-electron chi connectivity index (χ0n) is 9.70. The third kappa shape index (κ3) is 1.72. The maximum Gasteiger partial charge on any atom is 0.146 e. The number of H-pyrrole nitrogens is 1. The number of methoxy groups -OCH3 is 2. The van der Waals surface area contributed by atoms with Crippen LogP contribution < -0.4 is 15.2 Å². The van der Waals surface area contributed by atoms with Gasteiger partial charge in [0.2, 0.25) is 0 Å². The Bertz CT molecular complexity index is 503. The zero-order chi connectivity index (χ0) is 11.7. The predicted molar refractivity (Wildman–Crippen MR) is 64.0 cm³/mol. The number of nitrogens with one attached hydrogen (secondary N) is 1. The Balaban J connectivity index is 2.65. The SMILES string of the molecule is COc1cc(OC)c2[nH]c(C(C)N)cc2c1. The van der Waals surface area contributed by atoms with Crippen LogP contribution in [0.2, 0.25) is 0 Å². The highest BCUT2D eigenvalue weighted by molar-refractivity contribution is 5.87. The molecule has 0 fully saturated rings. The molecule has 0 aliphatic carbocycles. The van der Waals surface area contributed by atoms with E-state index >= 15 is 0 Å². The van der Waals surface area contributed by atoms with Gasteiger partial charge in [0, 0.05) is 23.2 Å². The predicted octanol–water partition coefficient (Wildman–Crippen LogP) is 2.20. The smallest absolute Gasteiger partial charge is 0.146 e. The van der Waals surface area contributed by atoms with E-state index < -0.39 is 0 Å². The van der Waals surface area contributed by atoms with E-state index in [0.29, 0.717) is 0 Å². The summed E-state index contributed by atoms with van der Waals surface area (Å²) in [7, 11) is 3.28. The molecule has 86 valence electrons. The second-order valence-corrected chi connectivity index (χ2v) is 3.81. The lowest BCUT2D eigenvalue weighted by atomic mass is 10.2.